The summed E-state index contributed by atoms with van der Waals surface area (Å²) in [4.78, 5) is 5.44. The van der Waals surface area contributed by atoms with Gasteiger partial charge in [0.05, 0.1) is 11.4 Å². The third kappa shape index (κ3) is 8.13. The van der Waals surface area contributed by atoms with Crippen LogP contribution < -0.4 is 25.5 Å². The minimum atomic E-state index is -0.0638. The van der Waals surface area contributed by atoms with Crippen molar-refractivity contribution in [2.24, 2.45) is 0 Å². The van der Waals surface area contributed by atoms with Crippen molar-refractivity contribution in [3.8, 4) is 22.3 Å². The Morgan fingerprint density at radius 3 is 1.47 bits per heavy atom. The lowest BCUT2D eigenvalue weighted by molar-refractivity contribution is 0.396. The van der Waals surface area contributed by atoms with Crippen molar-refractivity contribution in [1.29, 1.82) is 0 Å². The molecule has 1 aromatic heterocycles. The maximum atomic E-state index is 2.73. The summed E-state index contributed by atoms with van der Waals surface area (Å²) < 4.78 is 2.76. The molecule has 2 aliphatic heterocycles. The summed E-state index contributed by atoms with van der Waals surface area (Å²) in [5.41, 5.74) is 27.0. The quantitative estimate of drug-likeness (QED) is 0.162. The maximum Gasteiger partial charge on any atom is 0.264 e. The second-order valence-electron chi connectivity index (χ2n) is 31.0. The first-order valence-corrected chi connectivity index (χ1v) is 30.0. The minimum absolute atomic E-state index is 0.00984. The summed E-state index contributed by atoms with van der Waals surface area (Å²) >= 11 is 2.01. The van der Waals surface area contributed by atoms with Crippen LogP contribution in [0.1, 0.15) is 196 Å². The van der Waals surface area contributed by atoms with Crippen molar-refractivity contribution in [2.45, 2.75) is 195 Å². The normalized spacial score (nSPS) is 17.7. The smallest absolute Gasteiger partial charge is 0.264 e. The van der Waals surface area contributed by atoms with E-state index in [0.29, 0.717) is 0 Å². The minimum Gasteiger partial charge on any atom is -0.311 e. The SMILES string of the molecule is CC(C)(C)c1ccc(-c2cc(C(C)(C)C)ccc2N2c3ccc(C(C)(C)C)cc3B3c4sc5ccc(C(C)(C)C)cc5c4N(c4ccccc4)c4cc(-c5c6c(cc7c5C(C)(C)CC7(C)C)C(C)(C)CC6(C)C)cc2c43)cc1. The second kappa shape index (κ2) is 16.9. The molecule has 4 heteroatoms. The molecule has 2 nitrogen and oxygen atoms in total. The van der Waals surface area contributed by atoms with Crippen molar-refractivity contribution >= 4 is 78.0 Å². The van der Waals surface area contributed by atoms with Crippen LogP contribution in [0.3, 0.4) is 0 Å². The summed E-state index contributed by atoms with van der Waals surface area (Å²) in [6.07, 6.45) is 2.21. The molecule has 0 N–H and O–H groups in total. The van der Waals surface area contributed by atoms with Crippen LogP contribution in [0.15, 0.2) is 127 Å². The van der Waals surface area contributed by atoms with E-state index in [1.165, 1.54) is 116 Å². The average molecular weight is 1050 g/mol. The summed E-state index contributed by atoms with van der Waals surface area (Å²) in [6, 6.07) is 51.3. The molecule has 400 valence electrons. The van der Waals surface area contributed by atoms with Crippen LogP contribution in [-0.2, 0) is 43.3 Å². The van der Waals surface area contributed by atoms with Crippen molar-refractivity contribution in [3.05, 3.63) is 172 Å². The average Bonchev–Trinajstić information content (AvgIpc) is 4.03. The molecule has 0 spiro atoms. The van der Waals surface area contributed by atoms with Gasteiger partial charge in [-0.1, -0.05) is 211 Å². The number of rotatable bonds is 4. The van der Waals surface area contributed by atoms with Crippen LogP contribution in [0.25, 0.3) is 32.3 Å². The highest BCUT2D eigenvalue weighted by Crippen LogP contribution is 2.62. The van der Waals surface area contributed by atoms with Gasteiger partial charge in [0.1, 0.15) is 0 Å². The summed E-state index contributed by atoms with van der Waals surface area (Å²) in [5, 5.41) is 1.34. The lowest BCUT2D eigenvalue weighted by Crippen LogP contribution is -2.60. The number of fused-ring (bicyclic) bond motifs is 8. The van der Waals surface area contributed by atoms with Gasteiger partial charge in [0, 0.05) is 43.2 Å². The highest BCUT2D eigenvalue weighted by atomic mass is 32.1. The topological polar surface area (TPSA) is 6.48 Å². The standard InChI is InChI=1S/C74H85BN2S/c1-67(2,3)46-28-26-44(27-29-46)51-38-47(68(4,5)6)30-33-56(51)77-57-34-31-49(70(10,11)12)40-55(57)75-64-58(76(50-24-22-21-23-25-50)65-52-39-48(69(7,8)9)32-35-60(52)78-66(65)75)36-45(37-59(64)77)61-62-53(71(13,14)42-73(62,17)18)41-54-63(61)74(19,20)43-72(54,15)16/h21-41H,42-43H2,1-20H3. The Bertz CT molecular complexity index is 3720. The lowest BCUT2D eigenvalue weighted by Gasteiger charge is -2.44. The first-order chi connectivity index (χ1) is 36.2. The molecule has 4 aliphatic rings. The van der Waals surface area contributed by atoms with Gasteiger partial charge in [0.2, 0.25) is 0 Å². The largest absolute Gasteiger partial charge is 0.311 e. The number of thiophene rings is 1. The highest BCUT2D eigenvalue weighted by Gasteiger charge is 2.52. The van der Waals surface area contributed by atoms with Crippen LogP contribution in [0.5, 0.6) is 0 Å². The van der Waals surface area contributed by atoms with Gasteiger partial charge < -0.3 is 9.80 Å². The fourth-order valence-corrected chi connectivity index (χ4v) is 16.6. The molecule has 0 amide bonds. The lowest BCUT2D eigenvalue weighted by atomic mass is 9.36. The predicted octanol–water partition coefficient (Wildman–Crippen LogP) is 19.4. The van der Waals surface area contributed by atoms with Crippen molar-refractivity contribution in [2.75, 3.05) is 9.80 Å². The summed E-state index contributed by atoms with van der Waals surface area (Å²) in [5.74, 6) is 0. The molecular formula is C74H85BN2S. The number of hydrogen-bond acceptors (Lipinski definition) is 3. The molecular weight excluding hydrogens is 960 g/mol. The third-order valence-corrected chi connectivity index (χ3v) is 20.0. The molecule has 0 bridgehead atoms. The fourth-order valence-electron chi connectivity index (χ4n) is 15.3. The molecule has 0 saturated carbocycles. The Morgan fingerprint density at radius 1 is 0.436 bits per heavy atom. The zero-order valence-electron chi connectivity index (χ0n) is 50.9. The van der Waals surface area contributed by atoms with Gasteiger partial charge in [0.25, 0.3) is 6.71 Å². The Kier molecular flexibility index (Phi) is 11.4. The van der Waals surface area contributed by atoms with Crippen LogP contribution in [0.2, 0.25) is 0 Å². The number of anilines is 6. The van der Waals surface area contributed by atoms with Gasteiger partial charge in [-0.05, 0) is 183 Å². The zero-order valence-corrected chi connectivity index (χ0v) is 51.7. The van der Waals surface area contributed by atoms with Crippen LogP contribution in [0.4, 0.5) is 34.1 Å². The molecule has 0 atom stereocenters. The first-order valence-electron chi connectivity index (χ1n) is 29.2. The Balaban J connectivity index is 1.29. The van der Waals surface area contributed by atoms with Crippen LogP contribution in [0, 0.1) is 0 Å². The van der Waals surface area contributed by atoms with E-state index in [9.17, 15) is 0 Å². The molecule has 7 aromatic carbocycles. The van der Waals surface area contributed by atoms with Gasteiger partial charge >= 0.3 is 0 Å². The van der Waals surface area contributed by atoms with E-state index in [2.05, 4.69) is 276 Å². The number of para-hydroxylation sites is 1. The van der Waals surface area contributed by atoms with E-state index in [0.717, 1.165) is 12.8 Å². The van der Waals surface area contributed by atoms with Crippen molar-refractivity contribution in [3.63, 3.8) is 0 Å². The maximum absolute atomic E-state index is 2.73. The zero-order chi connectivity index (χ0) is 56.0. The Hall–Kier alpha value is -5.84. The molecule has 12 rings (SSSR count). The molecule has 0 saturated heterocycles. The van der Waals surface area contributed by atoms with Gasteiger partial charge in [0.15, 0.2) is 0 Å². The van der Waals surface area contributed by atoms with E-state index in [-0.39, 0.29) is 50.0 Å². The van der Waals surface area contributed by atoms with E-state index in [1.54, 1.807) is 11.1 Å². The molecule has 8 aromatic rings. The van der Waals surface area contributed by atoms with Crippen molar-refractivity contribution < 1.29 is 0 Å². The van der Waals surface area contributed by atoms with Gasteiger partial charge in [-0.25, -0.2) is 0 Å². The number of hydrogen-bond donors (Lipinski definition) is 0. The number of nitrogens with zero attached hydrogens (tertiary/aromatic N) is 2. The summed E-state index contributed by atoms with van der Waals surface area (Å²) in [7, 11) is 0. The fraction of sp³-hybridized carbons (Fsp3) is 0.405. The predicted molar refractivity (Wildman–Crippen MR) is 343 cm³/mol. The second-order valence-corrected chi connectivity index (χ2v) is 32.0. The molecule has 0 unspecified atom stereocenters. The molecule has 2 aliphatic carbocycles. The van der Waals surface area contributed by atoms with E-state index >= 15 is 0 Å². The van der Waals surface area contributed by atoms with Gasteiger partial charge in [-0.3, -0.25) is 0 Å². The van der Waals surface area contributed by atoms with Crippen LogP contribution >= 0.6 is 11.3 Å². The van der Waals surface area contributed by atoms with E-state index in [1.807, 2.05) is 11.3 Å². The first kappa shape index (κ1) is 52.8. The Morgan fingerprint density at radius 2 is 0.923 bits per heavy atom. The Labute approximate surface area is 473 Å². The molecule has 0 fully saturated rings. The molecule has 78 heavy (non-hydrogen) atoms. The van der Waals surface area contributed by atoms with Crippen LogP contribution in [-0.4, -0.2) is 6.71 Å². The summed E-state index contributed by atoms with van der Waals surface area (Å²) in [6.45, 7) is 48.5. The molecule has 0 radical (unpaired) electrons. The van der Waals surface area contributed by atoms with E-state index in [4.69, 9.17) is 0 Å². The van der Waals surface area contributed by atoms with Crippen molar-refractivity contribution in [1.82, 2.24) is 0 Å². The number of benzene rings is 7. The highest BCUT2D eigenvalue weighted by molar-refractivity contribution is 7.33. The van der Waals surface area contributed by atoms with Gasteiger partial charge in [-0.15, -0.1) is 11.3 Å². The van der Waals surface area contributed by atoms with E-state index < -0.39 is 0 Å². The van der Waals surface area contributed by atoms with Gasteiger partial charge in [-0.2, -0.15) is 0 Å². The monoisotopic (exact) mass is 1040 g/mol. The molecule has 3 heterocycles. The third-order valence-electron chi connectivity index (χ3n) is 18.8.